The first-order chi connectivity index (χ1) is 7.58. The predicted molar refractivity (Wildman–Crippen MR) is 62.3 cm³/mol. The van der Waals surface area contributed by atoms with Gasteiger partial charge < -0.3 is 14.6 Å². The van der Waals surface area contributed by atoms with Gasteiger partial charge in [0.15, 0.2) is 0 Å². The molecule has 0 saturated carbocycles. The van der Waals surface area contributed by atoms with Crippen LogP contribution in [0.4, 0.5) is 0 Å². The fraction of sp³-hybridized carbons (Fsp3) is 0.364. The number of halogens is 1. The van der Waals surface area contributed by atoms with Crippen molar-refractivity contribution in [3.63, 3.8) is 0 Å². The molecule has 0 radical (unpaired) electrons. The van der Waals surface area contributed by atoms with E-state index in [-0.39, 0.29) is 6.42 Å². The standard InChI is InChI=1S/C11H13BrO4/c1-15-7-3-4-9(12)8(5-7)10(13)6-11(14)16-2/h3-5,10,13H,6H2,1-2H3. The van der Waals surface area contributed by atoms with Crippen LogP contribution in [0.1, 0.15) is 18.1 Å². The Morgan fingerprint density at radius 1 is 1.50 bits per heavy atom. The van der Waals surface area contributed by atoms with Gasteiger partial charge in [0.05, 0.1) is 26.7 Å². The monoisotopic (exact) mass is 288 g/mol. The highest BCUT2D eigenvalue weighted by molar-refractivity contribution is 9.10. The van der Waals surface area contributed by atoms with E-state index in [4.69, 9.17) is 4.74 Å². The van der Waals surface area contributed by atoms with E-state index in [9.17, 15) is 9.90 Å². The number of benzene rings is 1. The minimum Gasteiger partial charge on any atom is -0.497 e. The molecule has 0 spiro atoms. The van der Waals surface area contributed by atoms with Crippen molar-refractivity contribution in [2.75, 3.05) is 14.2 Å². The number of aliphatic hydroxyl groups is 1. The van der Waals surface area contributed by atoms with Crippen LogP contribution in [0.2, 0.25) is 0 Å². The average Bonchev–Trinajstić information content (AvgIpc) is 2.29. The highest BCUT2D eigenvalue weighted by Gasteiger charge is 2.16. The number of esters is 1. The molecule has 1 unspecified atom stereocenters. The van der Waals surface area contributed by atoms with Gasteiger partial charge >= 0.3 is 5.97 Å². The van der Waals surface area contributed by atoms with Crippen LogP contribution in [0.25, 0.3) is 0 Å². The fourth-order valence-corrected chi connectivity index (χ4v) is 1.77. The topological polar surface area (TPSA) is 55.8 Å². The predicted octanol–water partition coefficient (Wildman–Crippen LogP) is 2.05. The molecule has 0 aliphatic heterocycles. The van der Waals surface area contributed by atoms with E-state index in [1.54, 1.807) is 25.3 Å². The summed E-state index contributed by atoms with van der Waals surface area (Å²) in [5.74, 6) is 0.171. The van der Waals surface area contributed by atoms with Crippen LogP contribution in [0.15, 0.2) is 22.7 Å². The Morgan fingerprint density at radius 2 is 2.19 bits per heavy atom. The Balaban J connectivity index is 2.88. The molecule has 0 amide bonds. The summed E-state index contributed by atoms with van der Waals surface area (Å²) in [5, 5.41) is 9.84. The smallest absolute Gasteiger partial charge is 0.308 e. The molecule has 0 aliphatic rings. The zero-order chi connectivity index (χ0) is 12.1. The zero-order valence-electron chi connectivity index (χ0n) is 9.07. The average molecular weight is 289 g/mol. The third kappa shape index (κ3) is 3.21. The molecular formula is C11H13BrO4. The van der Waals surface area contributed by atoms with Crippen molar-refractivity contribution in [3.05, 3.63) is 28.2 Å². The molecule has 1 atom stereocenters. The Kier molecular flexibility index (Phi) is 4.76. The summed E-state index contributed by atoms with van der Waals surface area (Å²) < 4.78 is 10.3. The van der Waals surface area contributed by atoms with Crippen molar-refractivity contribution < 1.29 is 19.4 Å². The van der Waals surface area contributed by atoms with Gasteiger partial charge in [0, 0.05) is 4.47 Å². The summed E-state index contributed by atoms with van der Waals surface area (Å²) >= 11 is 3.30. The van der Waals surface area contributed by atoms with Crippen LogP contribution < -0.4 is 4.74 Å². The number of hydrogen-bond acceptors (Lipinski definition) is 4. The summed E-state index contributed by atoms with van der Waals surface area (Å²) in [6.07, 6.45) is -0.987. The van der Waals surface area contributed by atoms with Crippen LogP contribution in [-0.4, -0.2) is 25.3 Å². The number of ether oxygens (including phenoxy) is 2. The molecule has 1 aromatic rings. The van der Waals surface area contributed by atoms with Crippen molar-refractivity contribution in [3.8, 4) is 5.75 Å². The van der Waals surface area contributed by atoms with E-state index in [2.05, 4.69) is 20.7 Å². The summed E-state index contributed by atoms with van der Waals surface area (Å²) in [7, 11) is 2.83. The molecule has 1 rings (SSSR count). The lowest BCUT2D eigenvalue weighted by Gasteiger charge is -2.12. The van der Waals surface area contributed by atoms with Crippen LogP contribution in [-0.2, 0) is 9.53 Å². The van der Waals surface area contributed by atoms with Gasteiger partial charge in [0.2, 0.25) is 0 Å². The number of carbonyl (C=O) groups excluding carboxylic acids is 1. The van der Waals surface area contributed by atoms with Crippen LogP contribution in [0.5, 0.6) is 5.75 Å². The number of carbonyl (C=O) groups is 1. The Bertz CT molecular complexity index is 378. The van der Waals surface area contributed by atoms with Gasteiger partial charge in [0.25, 0.3) is 0 Å². The molecule has 5 heteroatoms. The third-order valence-electron chi connectivity index (χ3n) is 2.15. The lowest BCUT2D eigenvalue weighted by molar-refractivity contribution is -0.142. The van der Waals surface area contributed by atoms with Gasteiger partial charge in [-0.25, -0.2) is 0 Å². The molecule has 0 fully saturated rings. The highest BCUT2D eigenvalue weighted by Crippen LogP contribution is 2.29. The SMILES string of the molecule is COC(=O)CC(O)c1cc(OC)ccc1Br. The molecule has 0 aromatic heterocycles. The molecule has 88 valence electrons. The van der Waals surface area contributed by atoms with Crippen LogP contribution >= 0.6 is 15.9 Å². The number of aliphatic hydroxyl groups excluding tert-OH is 1. The van der Waals surface area contributed by atoms with E-state index in [0.29, 0.717) is 11.3 Å². The first kappa shape index (κ1) is 13.0. The lowest BCUT2D eigenvalue weighted by atomic mass is 10.1. The van der Waals surface area contributed by atoms with E-state index in [1.807, 2.05) is 0 Å². The molecule has 1 N–H and O–H groups in total. The van der Waals surface area contributed by atoms with Crippen LogP contribution in [0.3, 0.4) is 0 Å². The van der Waals surface area contributed by atoms with Crippen molar-refractivity contribution in [2.45, 2.75) is 12.5 Å². The largest absolute Gasteiger partial charge is 0.497 e. The van der Waals surface area contributed by atoms with Crippen LogP contribution in [0, 0.1) is 0 Å². The Morgan fingerprint density at radius 3 is 2.75 bits per heavy atom. The van der Waals surface area contributed by atoms with Gasteiger partial charge in [-0.1, -0.05) is 15.9 Å². The van der Waals surface area contributed by atoms with Gasteiger partial charge in [0.1, 0.15) is 5.75 Å². The molecule has 0 bridgehead atoms. The van der Waals surface area contributed by atoms with E-state index in [0.717, 1.165) is 4.47 Å². The maximum absolute atomic E-state index is 11.0. The van der Waals surface area contributed by atoms with Gasteiger partial charge in [-0.3, -0.25) is 4.79 Å². The molecule has 4 nitrogen and oxygen atoms in total. The second-order valence-corrected chi connectivity index (χ2v) is 4.04. The first-order valence-corrected chi connectivity index (χ1v) is 5.46. The maximum atomic E-state index is 11.0. The van der Waals surface area contributed by atoms with E-state index >= 15 is 0 Å². The van der Waals surface area contributed by atoms with Gasteiger partial charge in [-0.2, -0.15) is 0 Å². The second-order valence-electron chi connectivity index (χ2n) is 3.18. The normalized spacial score (nSPS) is 12.0. The van der Waals surface area contributed by atoms with Crippen molar-refractivity contribution >= 4 is 21.9 Å². The summed E-state index contributed by atoms with van der Waals surface area (Å²) in [6, 6.07) is 5.20. The summed E-state index contributed by atoms with van der Waals surface area (Å²) in [4.78, 5) is 11.0. The molecule has 0 saturated heterocycles. The van der Waals surface area contributed by atoms with Gasteiger partial charge in [-0.15, -0.1) is 0 Å². The highest BCUT2D eigenvalue weighted by atomic mass is 79.9. The fourth-order valence-electron chi connectivity index (χ4n) is 1.26. The van der Waals surface area contributed by atoms with Gasteiger partial charge in [-0.05, 0) is 23.8 Å². The van der Waals surface area contributed by atoms with Crippen molar-refractivity contribution in [1.82, 2.24) is 0 Å². The lowest BCUT2D eigenvalue weighted by Crippen LogP contribution is -2.08. The maximum Gasteiger partial charge on any atom is 0.308 e. The quantitative estimate of drug-likeness (QED) is 0.862. The van der Waals surface area contributed by atoms with E-state index in [1.165, 1.54) is 7.11 Å². The molecular weight excluding hydrogens is 276 g/mol. The molecule has 0 heterocycles. The second kappa shape index (κ2) is 5.86. The summed E-state index contributed by atoms with van der Waals surface area (Å²) in [6.45, 7) is 0. The van der Waals surface area contributed by atoms with E-state index < -0.39 is 12.1 Å². The Hall–Kier alpha value is -1.07. The van der Waals surface area contributed by atoms with Crippen molar-refractivity contribution in [2.24, 2.45) is 0 Å². The molecule has 16 heavy (non-hydrogen) atoms. The number of hydrogen-bond donors (Lipinski definition) is 1. The summed E-state index contributed by atoms with van der Waals surface area (Å²) in [5.41, 5.74) is 0.602. The minimum absolute atomic E-state index is 0.0811. The number of rotatable bonds is 4. The number of methoxy groups -OCH3 is 2. The molecule has 1 aromatic carbocycles. The Labute approximate surface area is 102 Å². The molecule has 0 aliphatic carbocycles. The first-order valence-electron chi connectivity index (χ1n) is 4.66. The van der Waals surface area contributed by atoms with Crippen molar-refractivity contribution in [1.29, 1.82) is 0 Å². The third-order valence-corrected chi connectivity index (χ3v) is 2.87. The minimum atomic E-state index is -0.906. The zero-order valence-corrected chi connectivity index (χ0v) is 10.7.